The van der Waals surface area contributed by atoms with Crippen LogP contribution in [0.5, 0.6) is 5.75 Å². The van der Waals surface area contributed by atoms with Crippen LogP contribution in [0.1, 0.15) is 57.3 Å². The maximum absolute atomic E-state index is 16.9. The largest absolute Gasteiger partial charge is 0.468 e. The summed E-state index contributed by atoms with van der Waals surface area (Å²) in [7, 11) is 1.50. The minimum Gasteiger partial charge on any atom is -0.468 e. The van der Waals surface area contributed by atoms with Crippen LogP contribution in [-0.2, 0) is 9.47 Å². The van der Waals surface area contributed by atoms with Crippen LogP contribution in [0.3, 0.4) is 0 Å². The van der Waals surface area contributed by atoms with Crippen molar-refractivity contribution in [1.82, 2.24) is 19.7 Å². The molecule has 0 spiro atoms. The number of piperidine rings is 1. The highest BCUT2D eigenvalue weighted by atomic mass is 19.1. The lowest BCUT2D eigenvalue weighted by atomic mass is 9.95. The Morgan fingerprint density at radius 2 is 1.91 bits per heavy atom. The van der Waals surface area contributed by atoms with Gasteiger partial charge >= 0.3 is 6.09 Å². The van der Waals surface area contributed by atoms with E-state index in [-0.39, 0.29) is 47.9 Å². The number of halogens is 2. The monoisotopic (exact) mass is 600 g/mol. The lowest BCUT2D eigenvalue weighted by Gasteiger charge is -2.25. The van der Waals surface area contributed by atoms with Gasteiger partial charge in [-0.15, -0.1) is 6.42 Å². The van der Waals surface area contributed by atoms with Crippen LogP contribution in [0.25, 0.3) is 32.9 Å². The average Bonchev–Trinajstić information content (AvgIpc) is 3.74. The van der Waals surface area contributed by atoms with E-state index in [0.29, 0.717) is 52.0 Å². The normalized spacial score (nSPS) is 24.0. The number of nitrogens with zero attached hydrogens (tertiary/aromatic N) is 4. The molecule has 7 rings (SSSR count). The molecule has 2 aliphatic carbocycles. The van der Waals surface area contributed by atoms with Crippen molar-refractivity contribution in [2.45, 2.75) is 51.7 Å². The highest BCUT2D eigenvalue weighted by Crippen LogP contribution is 2.60. The second-order valence-corrected chi connectivity index (χ2v) is 13.2. The topological polar surface area (TPSA) is 78.7 Å². The molecular formula is C34H34F2N4O4. The number of hydrogen-bond acceptors (Lipinski definition) is 6. The van der Waals surface area contributed by atoms with Crippen LogP contribution in [0.4, 0.5) is 13.6 Å². The van der Waals surface area contributed by atoms with Crippen LogP contribution >= 0.6 is 0 Å². The molecule has 0 radical (unpaired) electrons. The molecule has 8 nitrogen and oxygen atoms in total. The molecule has 1 saturated heterocycles. The smallest absolute Gasteiger partial charge is 0.410 e. The van der Waals surface area contributed by atoms with Crippen molar-refractivity contribution >= 4 is 27.8 Å². The lowest BCUT2D eigenvalue weighted by molar-refractivity contribution is 0.0270. The third-order valence-corrected chi connectivity index (χ3v) is 9.04. The van der Waals surface area contributed by atoms with Gasteiger partial charge in [0.2, 0.25) is 0 Å². The molecular weight excluding hydrogens is 566 g/mol. The number of methoxy groups -OCH3 is 1. The van der Waals surface area contributed by atoms with Gasteiger partial charge in [0.05, 0.1) is 17.3 Å². The fourth-order valence-electron chi connectivity index (χ4n) is 6.78. The van der Waals surface area contributed by atoms with Gasteiger partial charge in [-0.3, -0.25) is 9.67 Å². The van der Waals surface area contributed by atoms with E-state index in [1.54, 1.807) is 29.3 Å². The molecule has 0 bridgehead atoms. The van der Waals surface area contributed by atoms with Crippen molar-refractivity contribution in [1.29, 1.82) is 0 Å². The minimum atomic E-state index is -0.576. The molecule has 44 heavy (non-hydrogen) atoms. The van der Waals surface area contributed by atoms with Crippen molar-refractivity contribution in [3.63, 3.8) is 0 Å². The van der Waals surface area contributed by atoms with E-state index in [0.717, 1.165) is 12.1 Å². The Morgan fingerprint density at radius 3 is 2.55 bits per heavy atom. The zero-order chi connectivity index (χ0) is 31.1. The molecule has 2 aromatic heterocycles. The number of hydrogen-bond donors (Lipinski definition) is 0. The molecule has 228 valence electrons. The number of pyridine rings is 1. The van der Waals surface area contributed by atoms with Gasteiger partial charge in [-0.1, -0.05) is 18.9 Å². The first kappa shape index (κ1) is 28.5. The van der Waals surface area contributed by atoms with Crippen LogP contribution < -0.4 is 4.74 Å². The Kier molecular flexibility index (Phi) is 6.59. The molecule has 3 aliphatic rings. The second-order valence-electron chi connectivity index (χ2n) is 13.2. The van der Waals surface area contributed by atoms with Gasteiger partial charge in [0.25, 0.3) is 0 Å². The fraction of sp³-hybridized carbons (Fsp3) is 0.441. The van der Waals surface area contributed by atoms with Crippen LogP contribution in [0.2, 0.25) is 0 Å². The Morgan fingerprint density at radius 1 is 1.18 bits per heavy atom. The number of aromatic nitrogens is 3. The number of amides is 1. The summed E-state index contributed by atoms with van der Waals surface area (Å²) in [6.07, 6.45) is 8.00. The van der Waals surface area contributed by atoms with Gasteiger partial charge < -0.3 is 19.1 Å². The molecule has 10 heteroatoms. The molecule has 0 N–H and O–H groups in total. The molecule has 2 aromatic carbocycles. The lowest BCUT2D eigenvalue weighted by Crippen LogP contribution is -2.36. The number of fused-ring (bicyclic) bond motifs is 3. The molecule has 3 heterocycles. The van der Waals surface area contributed by atoms with Gasteiger partial charge in [-0.05, 0) is 68.5 Å². The van der Waals surface area contributed by atoms with E-state index in [1.807, 2.05) is 25.5 Å². The minimum absolute atomic E-state index is 0.0200. The number of rotatable bonds is 6. The molecule has 4 aromatic rings. The summed E-state index contributed by atoms with van der Waals surface area (Å²) < 4.78 is 50.0. The first-order valence-electron chi connectivity index (χ1n) is 14.9. The third kappa shape index (κ3) is 4.65. The number of carbonyl (C=O) groups is 1. The van der Waals surface area contributed by atoms with Gasteiger partial charge in [-0.2, -0.15) is 5.10 Å². The number of carbonyl (C=O) groups excluding carboxylic acids is 1. The van der Waals surface area contributed by atoms with Crippen molar-refractivity contribution in [3.05, 3.63) is 53.4 Å². The average molecular weight is 601 g/mol. The van der Waals surface area contributed by atoms with E-state index >= 15 is 4.39 Å². The molecule has 2 saturated carbocycles. The van der Waals surface area contributed by atoms with Crippen LogP contribution in [-0.4, -0.2) is 58.4 Å². The van der Waals surface area contributed by atoms with E-state index in [1.165, 1.54) is 13.2 Å². The zero-order valence-corrected chi connectivity index (χ0v) is 25.4. The number of likely N-dealkylation sites (tertiary alicyclic amines) is 1. The first-order valence-corrected chi connectivity index (χ1v) is 14.9. The molecule has 1 aliphatic heterocycles. The van der Waals surface area contributed by atoms with Crippen LogP contribution in [0, 0.1) is 41.7 Å². The summed E-state index contributed by atoms with van der Waals surface area (Å²) in [5.41, 5.74) is 1.03. The molecule has 5 atom stereocenters. The van der Waals surface area contributed by atoms with Crippen molar-refractivity contribution in [2.24, 2.45) is 17.8 Å². The number of terminal acetylenes is 1. The van der Waals surface area contributed by atoms with Gasteiger partial charge in [0, 0.05) is 48.6 Å². The quantitative estimate of drug-likeness (QED) is 0.182. The van der Waals surface area contributed by atoms with E-state index in [2.05, 4.69) is 17.8 Å². The fourth-order valence-corrected chi connectivity index (χ4v) is 6.78. The highest BCUT2D eigenvalue weighted by Gasteiger charge is 2.59. The second kappa shape index (κ2) is 10.2. The predicted molar refractivity (Wildman–Crippen MR) is 161 cm³/mol. The Balaban J connectivity index is 1.32. The standard InChI is InChI=1S/C34H34F2N4O4/c1-7-20-25(35)9-8-18-11-19(43-16-42-6)12-21(27(18)20)31-29(36)32-22(13-37-31)30(38-40(32)26-10-17(26)2)28-23-14-39(15-24(23)28)33(41)44-34(3,4)5/h1,8-9,11-13,17,23-24,26,28H,10,14-16H2,2-6H3/t17-,23-,24+,26-,28?/m0/s1. The first-order chi connectivity index (χ1) is 21.0. The van der Waals surface area contributed by atoms with Crippen molar-refractivity contribution < 1.29 is 27.8 Å². The summed E-state index contributed by atoms with van der Waals surface area (Å²) in [5, 5.41) is 6.64. The predicted octanol–water partition coefficient (Wildman–Crippen LogP) is 6.65. The molecule has 1 unspecified atom stereocenters. The van der Waals surface area contributed by atoms with Crippen molar-refractivity contribution in [2.75, 3.05) is 27.0 Å². The van der Waals surface area contributed by atoms with E-state index in [4.69, 9.17) is 25.7 Å². The van der Waals surface area contributed by atoms with Gasteiger partial charge in [-0.25, -0.2) is 13.6 Å². The van der Waals surface area contributed by atoms with Gasteiger partial charge in [0.1, 0.15) is 28.4 Å². The summed E-state index contributed by atoms with van der Waals surface area (Å²) in [4.78, 5) is 19.0. The summed E-state index contributed by atoms with van der Waals surface area (Å²) >= 11 is 0. The zero-order valence-electron chi connectivity index (χ0n) is 25.4. The van der Waals surface area contributed by atoms with Crippen LogP contribution in [0.15, 0.2) is 30.5 Å². The Hall–Kier alpha value is -4.23. The van der Waals surface area contributed by atoms with Crippen molar-refractivity contribution in [3.8, 4) is 29.4 Å². The Bertz CT molecular complexity index is 1860. The third-order valence-electron chi connectivity index (χ3n) is 9.04. The summed E-state index contributed by atoms with van der Waals surface area (Å²) in [6, 6.07) is 6.29. The maximum atomic E-state index is 16.9. The maximum Gasteiger partial charge on any atom is 0.410 e. The summed E-state index contributed by atoms with van der Waals surface area (Å²) in [5.74, 6) is 2.66. The highest BCUT2D eigenvalue weighted by molar-refractivity contribution is 6.02. The number of ether oxygens (including phenoxy) is 3. The van der Waals surface area contributed by atoms with Gasteiger partial charge in [0.15, 0.2) is 12.6 Å². The SMILES string of the molecule is C#Cc1c(F)ccc2cc(OCOC)cc(-c3ncc4c(C5[C@H]6CN(C(=O)OC(C)(C)C)C[C@@H]56)nn([C@H]5C[C@@H]5C)c4c3F)c12. The van der Waals surface area contributed by atoms with E-state index < -0.39 is 17.2 Å². The molecule has 1 amide bonds. The molecule has 3 fully saturated rings. The number of benzene rings is 2. The summed E-state index contributed by atoms with van der Waals surface area (Å²) in [6.45, 7) is 8.82. The Labute approximate surface area is 254 Å². The van der Waals surface area contributed by atoms with E-state index in [9.17, 15) is 9.18 Å².